The van der Waals surface area contributed by atoms with Gasteiger partial charge in [0.1, 0.15) is 0 Å². The van der Waals surface area contributed by atoms with Crippen LogP contribution in [0.5, 0.6) is 0 Å². The molecule has 2 saturated carbocycles. The topological polar surface area (TPSA) is 61.4 Å². The first-order valence-corrected chi connectivity index (χ1v) is 10.6. The van der Waals surface area contributed by atoms with Crippen LogP contribution in [0.3, 0.4) is 0 Å². The quantitative estimate of drug-likeness (QED) is 0.836. The van der Waals surface area contributed by atoms with Crippen molar-refractivity contribution in [3.63, 3.8) is 0 Å². The Labute approximate surface area is 161 Å². The van der Waals surface area contributed by atoms with Gasteiger partial charge in [0.15, 0.2) is 0 Å². The Kier molecular flexibility index (Phi) is 5.48. The van der Waals surface area contributed by atoms with Gasteiger partial charge in [0.2, 0.25) is 5.91 Å². The van der Waals surface area contributed by atoms with Crippen molar-refractivity contribution in [2.45, 2.75) is 64.0 Å². The number of nitrogens with zero attached hydrogens (tertiary/aromatic N) is 1. The van der Waals surface area contributed by atoms with Crippen LogP contribution >= 0.6 is 0 Å². The molecule has 3 atom stereocenters. The number of carbonyl (C=O) groups excluding carboxylic acids is 2. The second-order valence-electron chi connectivity index (χ2n) is 8.61. The maximum absolute atomic E-state index is 12.8. The Balaban J connectivity index is 1.41. The van der Waals surface area contributed by atoms with Gasteiger partial charge in [-0.15, -0.1) is 0 Å². The molecule has 0 spiro atoms. The molecule has 1 saturated heterocycles. The maximum Gasteiger partial charge on any atom is 0.253 e. The van der Waals surface area contributed by atoms with E-state index in [0.29, 0.717) is 35.8 Å². The van der Waals surface area contributed by atoms with Gasteiger partial charge in [0.05, 0.1) is 17.8 Å². The summed E-state index contributed by atoms with van der Waals surface area (Å²) in [6.45, 7) is 3.76. The molecular weight excluding hydrogens is 338 g/mol. The number of likely N-dealkylation sites (tertiary alicyclic amines) is 1. The maximum atomic E-state index is 12.8. The zero-order valence-electron chi connectivity index (χ0n) is 16.2. The summed E-state index contributed by atoms with van der Waals surface area (Å²) in [6, 6.07) is 8.15. The summed E-state index contributed by atoms with van der Waals surface area (Å²) in [5, 5.41) is 6.01. The van der Waals surface area contributed by atoms with Crippen LogP contribution in [0.25, 0.3) is 0 Å². The van der Waals surface area contributed by atoms with Gasteiger partial charge in [0, 0.05) is 12.1 Å². The SMILES string of the molecule is C[C@@H]1CCC[C@H]2CCCN(CC(=O)Nc3ccccc3C(=O)NC3CC3)[C@H]21. The van der Waals surface area contributed by atoms with Crippen molar-refractivity contribution in [1.29, 1.82) is 0 Å². The van der Waals surface area contributed by atoms with Gasteiger partial charge < -0.3 is 10.6 Å². The molecule has 1 aromatic carbocycles. The van der Waals surface area contributed by atoms with E-state index in [-0.39, 0.29) is 11.8 Å². The number of fused-ring (bicyclic) bond motifs is 1. The number of para-hydroxylation sites is 1. The molecule has 4 rings (SSSR count). The number of anilines is 1. The number of rotatable bonds is 5. The Morgan fingerprint density at radius 2 is 1.85 bits per heavy atom. The molecule has 27 heavy (non-hydrogen) atoms. The third kappa shape index (κ3) is 4.34. The van der Waals surface area contributed by atoms with Crippen LogP contribution in [0.1, 0.15) is 62.2 Å². The summed E-state index contributed by atoms with van der Waals surface area (Å²) in [5.41, 5.74) is 1.17. The molecule has 5 nitrogen and oxygen atoms in total. The van der Waals surface area contributed by atoms with E-state index in [1.54, 1.807) is 6.07 Å². The van der Waals surface area contributed by atoms with Gasteiger partial charge in [-0.2, -0.15) is 0 Å². The molecule has 3 aliphatic rings. The van der Waals surface area contributed by atoms with Gasteiger partial charge >= 0.3 is 0 Å². The summed E-state index contributed by atoms with van der Waals surface area (Å²) in [7, 11) is 0. The highest BCUT2D eigenvalue weighted by atomic mass is 16.2. The van der Waals surface area contributed by atoms with Gasteiger partial charge in [-0.1, -0.05) is 25.5 Å². The highest BCUT2D eigenvalue weighted by molar-refractivity contribution is 6.04. The zero-order chi connectivity index (χ0) is 18.8. The number of hydrogen-bond acceptors (Lipinski definition) is 3. The Morgan fingerprint density at radius 1 is 1.07 bits per heavy atom. The van der Waals surface area contributed by atoms with Crippen LogP contribution in [0.15, 0.2) is 24.3 Å². The summed E-state index contributed by atoms with van der Waals surface area (Å²) < 4.78 is 0. The molecule has 1 aliphatic heterocycles. The first-order valence-electron chi connectivity index (χ1n) is 10.6. The Hall–Kier alpha value is -1.88. The van der Waals surface area contributed by atoms with E-state index in [0.717, 1.165) is 25.3 Å². The fourth-order valence-electron chi connectivity index (χ4n) is 5.03. The lowest BCUT2D eigenvalue weighted by Gasteiger charge is -2.47. The fourth-order valence-corrected chi connectivity index (χ4v) is 5.03. The fraction of sp³-hybridized carbons (Fsp3) is 0.636. The van der Waals surface area contributed by atoms with Gasteiger partial charge in [-0.25, -0.2) is 0 Å². The Bertz CT molecular complexity index is 699. The molecule has 2 N–H and O–H groups in total. The highest BCUT2D eigenvalue weighted by Crippen LogP contribution is 2.38. The average molecular weight is 370 g/mol. The molecule has 1 heterocycles. The molecule has 5 heteroatoms. The van der Waals surface area contributed by atoms with E-state index in [1.807, 2.05) is 18.2 Å². The normalized spacial score (nSPS) is 28.3. The number of piperidine rings is 1. The molecule has 0 unspecified atom stereocenters. The van der Waals surface area contributed by atoms with Crippen LogP contribution < -0.4 is 10.6 Å². The summed E-state index contributed by atoms with van der Waals surface area (Å²) in [5.74, 6) is 1.30. The van der Waals surface area contributed by atoms with Gasteiger partial charge in [-0.3, -0.25) is 14.5 Å². The van der Waals surface area contributed by atoms with Crippen LogP contribution in [0.4, 0.5) is 5.69 Å². The average Bonchev–Trinajstić information content (AvgIpc) is 3.46. The van der Waals surface area contributed by atoms with Crippen molar-refractivity contribution in [2.75, 3.05) is 18.4 Å². The summed E-state index contributed by atoms with van der Waals surface area (Å²) in [4.78, 5) is 27.6. The smallest absolute Gasteiger partial charge is 0.253 e. The van der Waals surface area contributed by atoms with Crippen molar-refractivity contribution in [3.8, 4) is 0 Å². The van der Waals surface area contributed by atoms with Crippen molar-refractivity contribution in [1.82, 2.24) is 10.2 Å². The Morgan fingerprint density at radius 3 is 2.67 bits per heavy atom. The van der Waals surface area contributed by atoms with Crippen LogP contribution in [0, 0.1) is 11.8 Å². The van der Waals surface area contributed by atoms with E-state index in [4.69, 9.17) is 0 Å². The molecular formula is C22H31N3O2. The first-order chi connectivity index (χ1) is 13.1. The predicted octanol–water partition coefficient (Wildman–Crippen LogP) is 3.42. The molecule has 3 fully saturated rings. The van der Waals surface area contributed by atoms with E-state index in [9.17, 15) is 9.59 Å². The van der Waals surface area contributed by atoms with Crippen LogP contribution in [-0.4, -0.2) is 41.9 Å². The lowest BCUT2D eigenvalue weighted by Crippen LogP contribution is -2.52. The minimum absolute atomic E-state index is 0.0138. The molecule has 0 radical (unpaired) electrons. The second-order valence-corrected chi connectivity index (χ2v) is 8.61. The number of carbonyl (C=O) groups is 2. The first kappa shape index (κ1) is 18.5. The minimum atomic E-state index is -0.0904. The van der Waals surface area contributed by atoms with Crippen molar-refractivity contribution in [3.05, 3.63) is 29.8 Å². The number of amides is 2. The monoisotopic (exact) mass is 369 g/mol. The third-order valence-corrected chi connectivity index (χ3v) is 6.45. The van der Waals surface area contributed by atoms with Crippen LogP contribution in [-0.2, 0) is 4.79 Å². The zero-order valence-corrected chi connectivity index (χ0v) is 16.2. The van der Waals surface area contributed by atoms with E-state index in [1.165, 1.54) is 32.1 Å². The van der Waals surface area contributed by atoms with Crippen molar-refractivity contribution in [2.24, 2.45) is 11.8 Å². The molecule has 2 aliphatic carbocycles. The summed E-state index contributed by atoms with van der Waals surface area (Å²) >= 11 is 0. The van der Waals surface area contributed by atoms with E-state index < -0.39 is 0 Å². The highest BCUT2D eigenvalue weighted by Gasteiger charge is 2.38. The number of benzene rings is 1. The molecule has 1 aromatic rings. The lowest BCUT2D eigenvalue weighted by molar-refractivity contribution is -0.119. The summed E-state index contributed by atoms with van der Waals surface area (Å²) in [6.07, 6.45) is 8.48. The van der Waals surface area contributed by atoms with Crippen molar-refractivity contribution >= 4 is 17.5 Å². The second kappa shape index (κ2) is 8.01. The van der Waals surface area contributed by atoms with E-state index in [2.05, 4.69) is 22.5 Å². The largest absolute Gasteiger partial charge is 0.349 e. The molecule has 0 bridgehead atoms. The van der Waals surface area contributed by atoms with E-state index >= 15 is 0 Å². The number of hydrogen-bond donors (Lipinski definition) is 2. The van der Waals surface area contributed by atoms with Gasteiger partial charge in [-0.05, 0) is 69.0 Å². The van der Waals surface area contributed by atoms with Gasteiger partial charge in [0.25, 0.3) is 5.91 Å². The number of nitrogens with one attached hydrogen (secondary N) is 2. The molecule has 0 aromatic heterocycles. The molecule has 2 amide bonds. The molecule has 146 valence electrons. The predicted molar refractivity (Wildman–Crippen MR) is 107 cm³/mol. The van der Waals surface area contributed by atoms with Crippen LogP contribution in [0.2, 0.25) is 0 Å². The minimum Gasteiger partial charge on any atom is -0.349 e. The third-order valence-electron chi connectivity index (χ3n) is 6.45. The standard InChI is InChI=1S/C22H31N3O2/c1-15-6-4-7-16-8-5-13-25(21(15)16)14-20(26)24-19-10-3-2-9-18(19)22(27)23-17-11-12-17/h2-3,9-10,15-17,21H,4-8,11-14H2,1H3,(H,23,27)(H,24,26)/t15-,16+,21+/m1/s1. The lowest BCUT2D eigenvalue weighted by atomic mass is 9.73. The van der Waals surface area contributed by atoms with Crippen molar-refractivity contribution < 1.29 is 9.59 Å².